The van der Waals surface area contributed by atoms with Crippen LogP contribution in [0.25, 0.3) is 0 Å². The minimum absolute atomic E-state index is 0.0188. The van der Waals surface area contributed by atoms with Crippen LogP contribution in [-0.2, 0) is 4.79 Å². The van der Waals surface area contributed by atoms with Crippen LogP contribution in [0.3, 0.4) is 0 Å². The number of anilines is 1. The number of hydrogen-bond donors (Lipinski definition) is 0. The summed E-state index contributed by atoms with van der Waals surface area (Å²) in [7, 11) is 0. The second-order valence-corrected chi connectivity index (χ2v) is 6.69. The van der Waals surface area contributed by atoms with Gasteiger partial charge in [0.15, 0.2) is 23.1 Å². The van der Waals surface area contributed by atoms with Gasteiger partial charge in [-0.25, -0.2) is 8.78 Å². The summed E-state index contributed by atoms with van der Waals surface area (Å²) >= 11 is 1.10. The fourth-order valence-electron chi connectivity index (χ4n) is 2.55. The maximum atomic E-state index is 13.3. The molecule has 5 nitrogen and oxygen atoms in total. The molecule has 140 valence electrons. The Morgan fingerprint density at radius 1 is 1.11 bits per heavy atom. The summed E-state index contributed by atoms with van der Waals surface area (Å²) in [5.41, 5.74) is 0.588. The fraction of sp³-hybridized carbons (Fsp3) is 0.263. The molecule has 1 aliphatic heterocycles. The van der Waals surface area contributed by atoms with Crippen LogP contribution < -0.4 is 14.4 Å². The average molecular weight is 390 g/mol. The molecule has 0 saturated heterocycles. The van der Waals surface area contributed by atoms with Gasteiger partial charge < -0.3 is 14.4 Å². The lowest BCUT2D eigenvalue weighted by Gasteiger charge is -2.24. The molecule has 0 atom stereocenters. The third-order valence-corrected chi connectivity index (χ3v) is 4.82. The number of carbonyl (C=O) groups is 1. The summed E-state index contributed by atoms with van der Waals surface area (Å²) in [5.74, 6) is -0.976. The Hall–Kier alpha value is -2.79. The van der Waals surface area contributed by atoms with E-state index in [0.717, 1.165) is 23.9 Å². The third-order valence-electron chi connectivity index (χ3n) is 3.84. The topological polar surface area (TPSA) is 62.6 Å². The molecule has 1 aliphatic rings. The number of rotatable bonds is 6. The van der Waals surface area contributed by atoms with Gasteiger partial charge in [-0.05, 0) is 30.3 Å². The van der Waals surface area contributed by atoms with E-state index >= 15 is 0 Å². The van der Waals surface area contributed by atoms with Gasteiger partial charge in [0.1, 0.15) is 13.2 Å². The first-order chi connectivity index (χ1) is 13.1. The van der Waals surface area contributed by atoms with Crippen LogP contribution in [0.15, 0.2) is 41.3 Å². The van der Waals surface area contributed by atoms with Crippen LogP contribution in [0.1, 0.15) is 6.42 Å². The van der Waals surface area contributed by atoms with E-state index in [9.17, 15) is 13.6 Å². The van der Waals surface area contributed by atoms with Crippen molar-refractivity contribution in [3.05, 3.63) is 48.0 Å². The van der Waals surface area contributed by atoms with Crippen molar-refractivity contribution in [1.29, 1.82) is 5.26 Å². The standard InChI is InChI=1S/C19H16F2N2O3S/c20-15-4-3-14(11-16(15)21)27-12-19(24)23(7-1-6-22)13-2-5-17-18(10-13)26-9-8-25-17/h2-5,10-11H,1,7-9,12H2. The molecule has 8 heteroatoms. The van der Waals surface area contributed by atoms with Crippen molar-refractivity contribution >= 4 is 23.4 Å². The lowest BCUT2D eigenvalue weighted by atomic mass is 10.2. The van der Waals surface area contributed by atoms with Crippen LogP contribution in [0.2, 0.25) is 0 Å². The molecular weight excluding hydrogens is 374 g/mol. The van der Waals surface area contributed by atoms with Crippen molar-refractivity contribution in [3.63, 3.8) is 0 Å². The number of nitrogens with zero attached hydrogens (tertiary/aromatic N) is 2. The Balaban J connectivity index is 1.74. The summed E-state index contributed by atoms with van der Waals surface area (Å²) in [6, 6.07) is 10.7. The molecule has 27 heavy (non-hydrogen) atoms. The summed E-state index contributed by atoms with van der Waals surface area (Å²) in [5, 5.41) is 8.89. The van der Waals surface area contributed by atoms with Crippen LogP contribution in [0.5, 0.6) is 11.5 Å². The van der Waals surface area contributed by atoms with Gasteiger partial charge in [-0.1, -0.05) is 0 Å². The Kier molecular flexibility index (Phi) is 6.14. The predicted octanol–water partition coefficient (Wildman–Crippen LogP) is 3.77. The molecule has 0 bridgehead atoms. The molecule has 2 aromatic carbocycles. The normalized spacial score (nSPS) is 12.3. The van der Waals surface area contributed by atoms with Crippen molar-refractivity contribution in [3.8, 4) is 17.6 Å². The number of halogens is 2. The zero-order valence-electron chi connectivity index (χ0n) is 14.3. The third kappa shape index (κ3) is 4.68. The molecule has 0 fully saturated rings. The maximum Gasteiger partial charge on any atom is 0.237 e. The highest BCUT2D eigenvalue weighted by molar-refractivity contribution is 8.00. The predicted molar refractivity (Wildman–Crippen MR) is 97.1 cm³/mol. The molecule has 0 aliphatic carbocycles. The van der Waals surface area contributed by atoms with Gasteiger partial charge in [0.25, 0.3) is 0 Å². The first-order valence-electron chi connectivity index (χ1n) is 8.23. The van der Waals surface area contributed by atoms with Crippen molar-refractivity contribution in [2.75, 3.05) is 30.4 Å². The molecule has 0 spiro atoms. The Morgan fingerprint density at radius 3 is 2.63 bits per heavy atom. The molecule has 0 aromatic heterocycles. The second-order valence-electron chi connectivity index (χ2n) is 5.65. The van der Waals surface area contributed by atoms with Gasteiger partial charge in [-0.15, -0.1) is 11.8 Å². The fourth-order valence-corrected chi connectivity index (χ4v) is 3.35. The minimum Gasteiger partial charge on any atom is -0.486 e. The largest absolute Gasteiger partial charge is 0.486 e. The quantitative estimate of drug-likeness (QED) is 0.703. The highest BCUT2D eigenvalue weighted by Crippen LogP contribution is 2.34. The number of nitriles is 1. The van der Waals surface area contributed by atoms with E-state index in [2.05, 4.69) is 0 Å². The van der Waals surface area contributed by atoms with E-state index in [4.69, 9.17) is 14.7 Å². The van der Waals surface area contributed by atoms with Gasteiger partial charge in [0, 0.05) is 23.2 Å². The Morgan fingerprint density at radius 2 is 1.89 bits per heavy atom. The molecule has 1 heterocycles. The molecule has 0 radical (unpaired) electrons. The Bertz CT molecular complexity index is 886. The first kappa shape index (κ1) is 19.0. The van der Waals surface area contributed by atoms with Crippen LogP contribution in [-0.4, -0.2) is 31.4 Å². The average Bonchev–Trinajstić information content (AvgIpc) is 2.69. The van der Waals surface area contributed by atoms with E-state index in [1.807, 2.05) is 6.07 Å². The molecule has 1 amide bonds. The van der Waals surface area contributed by atoms with Crippen molar-refractivity contribution < 1.29 is 23.0 Å². The zero-order valence-corrected chi connectivity index (χ0v) is 15.1. The van der Waals surface area contributed by atoms with Crippen molar-refractivity contribution in [2.45, 2.75) is 11.3 Å². The molecule has 0 saturated carbocycles. The van der Waals surface area contributed by atoms with Gasteiger partial charge in [-0.3, -0.25) is 4.79 Å². The van der Waals surface area contributed by atoms with E-state index < -0.39 is 11.6 Å². The Labute approximate surface area is 159 Å². The second kappa shape index (κ2) is 8.73. The number of fused-ring (bicyclic) bond motifs is 1. The zero-order chi connectivity index (χ0) is 19.2. The number of amides is 1. The highest BCUT2D eigenvalue weighted by Gasteiger charge is 2.19. The van der Waals surface area contributed by atoms with E-state index in [-0.39, 0.29) is 24.6 Å². The van der Waals surface area contributed by atoms with Gasteiger partial charge >= 0.3 is 0 Å². The SMILES string of the molecule is N#CCCN(C(=O)CSc1ccc(F)c(F)c1)c1ccc2c(c1)OCCO2. The molecular formula is C19H16F2N2O3S. The lowest BCUT2D eigenvalue weighted by Crippen LogP contribution is -2.33. The van der Waals surface area contributed by atoms with Gasteiger partial charge in [0.2, 0.25) is 5.91 Å². The van der Waals surface area contributed by atoms with Gasteiger partial charge in [-0.2, -0.15) is 5.26 Å². The van der Waals surface area contributed by atoms with E-state index in [1.165, 1.54) is 11.0 Å². The number of ether oxygens (including phenoxy) is 2. The van der Waals surface area contributed by atoms with E-state index in [1.54, 1.807) is 18.2 Å². The first-order valence-corrected chi connectivity index (χ1v) is 9.22. The molecule has 0 N–H and O–H groups in total. The van der Waals surface area contributed by atoms with Crippen molar-refractivity contribution in [2.24, 2.45) is 0 Å². The molecule has 3 rings (SSSR count). The number of hydrogen-bond acceptors (Lipinski definition) is 5. The van der Waals surface area contributed by atoms with Crippen molar-refractivity contribution in [1.82, 2.24) is 0 Å². The molecule has 2 aromatic rings. The smallest absolute Gasteiger partial charge is 0.237 e. The van der Waals surface area contributed by atoms with Crippen LogP contribution in [0, 0.1) is 23.0 Å². The molecule has 0 unspecified atom stereocenters. The monoisotopic (exact) mass is 390 g/mol. The van der Waals surface area contributed by atoms with Crippen LogP contribution in [0.4, 0.5) is 14.5 Å². The lowest BCUT2D eigenvalue weighted by molar-refractivity contribution is -0.116. The van der Waals surface area contributed by atoms with E-state index in [0.29, 0.717) is 35.3 Å². The summed E-state index contributed by atoms with van der Waals surface area (Å²) < 4.78 is 37.3. The summed E-state index contributed by atoms with van der Waals surface area (Å²) in [6.07, 6.45) is 0.163. The van der Waals surface area contributed by atoms with Crippen LogP contribution >= 0.6 is 11.8 Å². The number of carbonyl (C=O) groups excluding carboxylic acids is 1. The number of thioether (sulfide) groups is 1. The van der Waals surface area contributed by atoms with Gasteiger partial charge in [0.05, 0.1) is 18.2 Å². The summed E-state index contributed by atoms with van der Waals surface area (Å²) in [6.45, 7) is 1.11. The number of benzene rings is 2. The highest BCUT2D eigenvalue weighted by atomic mass is 32.2. The summed E-state index contributed by atoms with van der Waals surface area (Å²) in [4.78, 5) is 14.6. The maximum absolute atomic E-state index is 13.3. The minimum atomic E-state index is -0.958.